The van der Waals surface area contributed by atoms with Crippen LogP contribution in [0.1, 0.15) is 15.9 Å². The number of carbonyl (C=O) groups excluding carboxylic acids is 1. The van der Waals surface area contributed by atoms with Gasteiger partial charge in [0.2, 0.25) is 0 Å². The minimum atomic E-state index is -0.325. The van der Waals surface area contributed by atoms with E-state index in [2.05, 4.69) is 4.74 Å². The van der Waals surface area contributed by atoms with E-state index in [0.29, 0.717) is 12.0 Å². The average molecular weight is 198 g/mol. The van der Waals surface area contributed by atoms with Crippen LogP contribution >= 0.6 is 11.6 Å². The Morgan fingerprint density at radius 1 is 1.54 bits per heavy atom. The molecule has 0 spiro atoms. The maximum absolute atomic E-state index is 11.2. The van der Waals surface area contributed by atoms with Crippen LogP contribution in [-0.4, -0.2) is 13.1 Å². The molecule has 0 saturated heterocycles. The highest BCUT2D eigenvalue weighted by molar-refractivity contribution is 6.23. The lowest BCUT2D eigenvalue weighted by Crippen LogP contribution is -2.05. The fraction of sp³-hybridized carbons (Fsp3) is 0.200. The Kier molecular flexibility index (Phi) is 3.77. The fourth-order valence-electron chi connectivity index (χ4n) is 1.09. The first kappa shape index (κ1) is 10.1. The molecule has 1 aromatic rings. The van der Waals surface area contributed by atoms with E-state index in [1.165, 1.54) is 13.0 Å². The number of esters is 1. The maximum atomic E-state index is 11.2. The van der Waals surface area contributed by atoms with Crippen LogP contribution in [0.4, 0.5) is 0 Å². The largest absolute Gasteiger partial charge is 0.465 e. The molecule has 0 bridgehead atoms. The highest BCUT2D eigenvalue weighted by Gasteiger charge is 2.09. The van der Waals surface area contributed by atoms with Gasteiger partial charge in [0.1, 0.15) is 0 Å². The van der Waals surface area contributed by atoms with Gasteiger partial charge in [0.05, 0.1) is 18.6 Å². The van der Waals surface area contributed by atoms with E-state index in [0.717, 1.165) is 5.56 Å². The lowest BCUT2D eigenvalue weighted by molar-refractivity contribution is 0.0599. The first-order chi connectivity index (χ1) is 6.29. The number of rotatable bonds is 3. The van der Waals surface area contributed by atoms with Gasteiger partial charge in [-0.1, -0.05) is 18.2 Å². The number of halogens is 1. The molecule has 69 valence electrons. The molecular weight excluding hydrogens is 188 g/mol. The van der Waals surface area contributed by atoms with Crippen molar-refractivity contribution in [3.05, 3.63) is 41.3 Å². The van der Waals surface area contributed by atoms with Crippen molar-refractivity contribution < 1.29 is 9.53 Å². The molecule has 0 aromatic heterocycles. The molecule has 0 unspecified atom stereocenters. The van der Waals surface area contributed by atoms with Crippen LogP contribution in [0.2, 0.25) is 0 Å². The summed E-state index contributed by atoms with van der Waals surface area (Å²) in [6.45, 7) is 0. The van der Waals surface area contributed by atoms with Crippen LogP contribution in [0.5, 0.6) is 0 Å². The Balaban J connectivity index is 2.97. The Bertz CT molecular complexity index is 297. The summed E-state index contributed by atoms with van der Waals surface area (Å²) in [5.41, 5.74) is 1.45. The van der Waals surface area contributed by atoms with Crippen molar-refractivity contribution in [1.29, 1.82) is 0 Å². The molecule has 3 heteroatoms. The molecule has 0 aliphatic heterocycles. The zero-order chi connectivity index (χ0) is 9.68. The predicted molar refractivity (Wildman–Crippen MR) is 51.6 cm³/mol. The first-order valence-corrected chi connectivity index (χ1v) is 4.31. The second-order valence-electron chi connectivity index (χ2n) is 2.51. The number of methoxy groups -OCH3 is 1. The van der Waals surface area contributed by atoms with Gasteiger partial charge < -0.3 is 4.74 Å². The monoisotopic (exact) mass is 197 g/mol. The van der Waals surface area contributed by atoms with Gasteiger partial charge in [0.15, 0.2) is 0 Å². The van der Waals surface area contributed by atoms with Crippen molar-refractivity contribution in [2.24, 2.45) is 0 Å². The van der Waals surface area contributed by atoms with E-state index >= 15 is 0 Å². The quantitative estimate of drug-likeness (QED) is 0.696. The summed E-state index contributed by atoms with van der Waals surface area (Å²) in [4.78, 5) is 11.2. The summed E-state index contributed by atoms with van der Waals surface area (Å²) in [5.74, 6) is 1.16. The van der Waals surface area contributed by atoms with E-state index < -0.39 is 0 Å². The van der Waals surface area contributed by atoms with Crippen molar-refractivity contribution in [3.8, 4) is 0 Å². The molecule has 1 radical (unpaired) electrons. The third kappa shape index (κ3) is 2.46. The van der Waals surface area contributed by atoms with Crippen LogP contribution in [-0.2, 0) is 11.2 Å². The smallest absolute Gasteiger partial charge is 0.338 e. The Labute approximate surface area is 82.5 Å². The minimum absolute atomic E-state index is 0.325. The Morgan fingerprint density at radius 3 is 2.85 bits per heavy atom. The second-order valence-corrected chi connectivity index (χ2v) is 2.82. The zero-order valence-corrected chi connectivity index (χ0v) is 8.04. The first-order valence-electron chi connectivity index (χ1n) is 3.87. The Morgan fingerprint density at radius 2 is 2.23 bits per heavy atom. The van der Waals surface area contributed by atoms with Gasteiger partial charge in [-0.25, -0.2) is 4.79 Å². The normalized spacial score (nSPS) is 9.69. The molecule has 13 heavy (non-hydrogen) atoms. The summed E-state index contributed by atoms with van der Waals surface area (Å²) >= 11 is 5.48. The van der Waals surface area contributed by atoms with Crippen molar-refractivity contribution in [3.63, 3.8) is 0 Å². The van der Waals surface area contributed by atoms with Gasteiger partial charge >= 0.3 is 5.97 Å². The minimum Gasteiger partial charge on any atom is -0.465 e. The van der Waals surface area contributed by atoms with Gasteiger partial charge in [-0.2, -0.15) is 0 Å². The van der Waals surface area contributed by atoms with E-state index in [-0.39, 0.29) is 5.97 Å². The molecule has 0 fully saturated rings. The predicted octanol–water partition coefficient (Wildman–Crippen LogP) is 2.42. The summed E-state index contributed by atoms with van der Waals surface area (Å²) in [6, 6.07) is 7.23. The van der Waals surface area contributed by atoms with Gasteiger partial charge in [0, 0.05) is 0 Å². The van der Waals surface area contributed by atoms with Gasteiger partial charge in [-0.15, -0.1) is 11.6 Å². The summed E-state index contributed by atoms with van der Waals surface area (Å²) in [6.07, 6.45) is 0.562. The highest BCUT2D eigenvalue weighted by Crippen LogP contribution is 2.12. The molecule has 0 amide bonds. The van der Waals surface area contributed by atoms with Crippen LogP contribution < -0.4 is 0 Å². The van der Waals surface area contributed by atoms with E-state index in [1.54, 1.807) is 12.1 Å². The summed E-state index contributed by atoms with van der Waals surface area (Å²) in [5, 5.41) is 0. The molecule has 1 rings (SSSR count). The summed E-state index contributed by atoms with van der Waals surface area (Å²) in [7, 11) is 1.36. The van der Waals surface area contributed by atoms with Crippen molar-refractivity contribution in [1.82, 2.24) is 0 Å². The average Bonchev–Trinajstić information content (AvgIpc) is 2.18. The molecule has 0 heterocycles. The van der Waals surface area contributed by atoms with Crippen LogP contribution in [0.25, 0.3) is 0 Å². The SMILES string of the molecule is COC(=O)c1ccccc1C[CH]Cl. The molecule has 2 nitrogen and oxygen atoms in total. The molecule has 0 N–H and O–H groups in total. The fourth-order valence-corrected chi connectivity index (χ4v) is 1.26. The third-order valence-electron chi connectivity index (χ3n) is 1.72. The van der Waals surface area contributed by atoms with Crippen LogP contribution in [0, 0.1) is 5.88 Å². The molecule has 0 aliphatic carbocycles. The highest BCUT2D eigenvalue weighted by atomic mass is 35.5. The number of ether oxygens (including phenoxy) is 1. The van der Waals surface area contributed by atoms with E-state index in [1.807, 2.05) is 12.1 Å². The van der Waals surface area contributed by atoms with Crippen LogP contribution in [0.3, 0.4) is 0 Å². The van der Waals surface area contributed by atoms with Crippen molar-refractivity contribution in [2.45, 2.75) is 6.42 Å². The number of hydrogen-bond acceptors (Lipinski definition) is 2. The molecule has 1 aromatic carbocycles. The van der Waals surface area contributed by atoms with E-state index in [9.17, 15) is 4.79 Å². The molecule has 0 atom stereocenters. The molecule has 0 saturated carbocycles. The topological polar surface area (TPSA) is 26.3 Å². The lowest BCUT2D eigenvalue weighted by Gasteiger charge is -2.04. The third-order valence-corrected chi connectivity index (χ3v) is 1.87. The second kappa shape index (κ2) is 4.87. The number of carbonyl (C=O) groups is 1. The molecule has 0 aliphatic rings. The lowest BCUT2D eigenvalue weighted by atomic mass is 10.1. The number of benzene rings is 1. The number of hydrogen-bond donors (Lipinski definition) is 0. The van der Waals surface area contributed by atoms with Gasteiger partial charge in [-0.05, 0) is 18.1 Å². The Hall–Kier alpha value is -1.02. The standard InChI is InChI=1S/C10H10ClO2/c1-13-10(12)9-5-3-2-4-8(9)6-7-11/h2-5,7H,6H2,1H3. The van der Waals surface area contributed by atoms with E-state index in [4.69, 9.17) is 11.6 Å². The zero-order valence-electron chi connectivity index (χ0n) is 7.29. The summed E-state index contributed by atoms with van der Waals surface area (Å²) < 4.78 is 4.63. The van der Waals surface area contributed by atoms with Crippen molar-refractivity contribution >= 4 is 17.6 Å². The van der Waals surface area contributed by atoms with Gasteiger partial charge in [-0.3, -0.25) is 0 Å². The van der Waals surface area contributed by atoms with Crippen molar-refractivity contribution in [2.75, 3.05) is 7.11 Å². The van der Waals surface area contributed by atoms with Gasteiger partial charge in [0.25, 0.3) is 0 Å². The maximum Gasteiger partial charge on any atom is 0.338 e. The molecular formula is C10H10ClO2. The van der Waals surface area contributed by atoms with Crippen LogP contribution in [0.15, 0.2) is 24.3 Å².